The number of ether oxygens (including phenoxy) is 1. The molecule has 2 atom stereocenters. The highest BCUT2D eigenvalue weighted by Crippen LogP contribution is 1.97. The van der Waals surface area contributed by atoms with Gasteiger partial charge >= 0.3 is 17.9 Å². The van der Waals surface area contributed by atoms with Crippen LogP contribution in [0.1, 0.15) is 19.8 Å². The molecule has 0 aromatic carbocycles. The second kappa shape index (κ2) is 18.1. The molecule has 10 heteroatoms. The summed E-state index contributed by atoms with van der Waals surface area (Å²) in [5, 5.41) is 16.6. The van der Waals surface area contributed by atoms with Crippen molar-refractivity contribution in [2.75, 3.05) is 24.9 Å². The van der Waals surface area contributed by atoms with Gasteiger partial charge in [-0.3, -0.25) is 14.4 Å². The first-order chi connectivity index (χ1) is 10.2. The molecule has 0 saturated heterocycles. The molecule has 0 aliphatic rings. The van der Waals surface area contributed by atoms with Gasteiger partial charge < -0.3 is 26.4 Å². The van der Waals surface area contributed by atoms with Crippen molar-refractivity contribution < 1.29 is 29.3 Å². The van der Waals surface area contributed by atoms with E-state index in [1.165, 1.54) is 6.92 Å². The molecule has 2 unspecified atom stereocenters. The van der Waals surface area contributed by atoms with E-state index in [0.717, 1.165) is 5.75 Å². The summed E-state index contributed by atoms with van der Waals surface area (Å²) in [6, 6.07) is -1.63. The molecular formula is C12H26N2O6S2. The fourth-order valence-corrected chi connectivity index (χ4v) is 1.31. The third kappa shape index (κ3) is 21.3. The Balaban J connectivity index is -0.000000299. The zero-order chi connectivity index (χ0) is 18.1. The average molecular weight is 358 g/mol. The first-order valence-electron chi connectivity index (χ1n) is 6.26. The first-order valence-corrected chi connectivity index (χ1v) is 8.55. The standard InChI is InChI=1S/C6H11NO4.C5H11NO2S.CH4S/c1-4(8)11-3-2-5(7)6(9)10;1-9-3-2-4(6)5(7)8;1-2/h5H,2-3,7H2,1H3,(H,9,10);4H,2-3,6H2,1H3,(H,7,8);2H,1H3. The molecule has 22 heavy (non-hydrogen) atoms. The Morgan fingerprint density at radius 1 is 1.09 bits per heavy atom. The van der Waals surface area contributed by atoms with Crippen LogP contribution in [0.5, 0.6) is 0 Å². The maximum atomic E-state index is 10.2. The predicted molar refractivity (Wildman–Crippen MR) is 90.4 cm³/mol. The lowest BCUT2D eigenvalue weighted by molar-refractivity contribution is -0.144. The molecule has 0 radical (unpaired) electrons. The van der Waals surface area contributed by atoms with Gasteiger partial charge in [-0.15, -0.1) is 0 Å². The van der Waals surface area contributed by atoms with Crippen LogP contribution in [-0.2, 0) is 19.1 Å². The maximum absolute atomic E-state index is 10.2. The van der Waals surface area contributed by atoms with Crippen molar-refractivity contribution >= 4 is 42.3 Å². The number of rotatable bonds is 8. The van der Waals surface area contributed by atoms with Crippen molar-refractivity contribution in [2.24, 2.45) is 11.5 Å². The summed E-state index contributed by atoms with van der Waals surface area (Å²) in [6.45, 7) is 1.31. The lowest BCUT2D eigenvalue weighted by atomic mass is 10.2. The van der Waals surface area contributed by atoms with Crippen LogP contribution in [0.2, 0.25) is 0 Å². The number of esters is 1. The van der Waals surface area contributed by atoms with Crippen molar-refractivity contribution in [3.63, 3.8) is 0 Å². The highest BCUT2D eigenvalue weighted by Gasteiger charge is 2.10. The third-order valence-electron chi connectivity index (χ3n) is 2.00. The van der Waals surface area contributed by atoms with Crippen molar-refractivity contribution in [1.82, 2.24) is 0 Å². The Morgan fingerprint density at radius 3 is 1.82 bits per heavy atom. The first kappa shape index (κ1) is 26.0. The number of thiol groups is 1. The van der Waals surface area contributed by atoms with Gasteiger partial charge in [0.05, 0.1) is 6.61 Å². The molecule has 0 aliphatic carbocycles. The number of carbonyl (C=O) groups is 3. The van der Waals surface area contributed by atoms with E-state index in [9.17, 15) is 14.4 Å². The average Bonchev–Trinajstić information content (AvgIpc) is 2.46. The quantitative estimate of drug-likeness (QED) is 0.299. The van der Waals surface area contributed by atoms with Crippen molar-refractivity contribution in [3.05, 3.63) is 0 Å². The number of carbonyl (C=O) groups excluding carboxylic acids is 1. The number of carboxylic acids is 2. The lowest BCUT2D eigenvalue weighted by Gasteiger charge is -2.04. The normalized spacial score (nSPS) is 11.7. The topological polar surface area (TPSA) is 153 Å². The number of thioether (sulfide) groups is 1. The molecule has 0 bridgehead atoms. The Hall–Kier alpha value is -0.970. The summed E-state index contributed by atoms with van der Waals surface area (Å²) in [6.07, 6.45) is 4.32. The van der Waals surface area contributed by atoms with Crippen LogP contribution in [0.25, 0.3) is 0 Å². The van der Waals surface area contributed by atoms with Crippen molar-refractivity contribution in [1.29, 1.82) is 0 Å². The molecule has 0 amide bonds. The molecular weight excluding hydrogens is 332 g/mol. The second-order valence-electron chi connectivity index (χ2n) is 3.80. The summed E-state index contributed by atoms with van der Waals surface area (Å²) >= 11 is 5.13. The van der Waals surface area contributed by atoms with E-state index in [4.69, 9.17) is 21.7 Å². The summed E-state index contributed by atoms with van der Waals surface area (Å²) in [4.78, 5) is 30.4. The fraction of sp³-hybridized carbons (Fsp3) is 0.750. The van der Waals surface area contributed by atoms with Gasteiger partial charge in [0.2, 0.25) is 0 Å². The van der Waals surface area contributed by atoms with E-state index in [1.54, 1.807) is 18.0 Å². The Kier molecular flexibility index (Phi) is 21.3. The molecule has 6 N–H and O–H groups in total. The third-order valence-corrected chi connectivity index (χ3v) is 2.65. The minimum atomic E-state index is -1.09. The van der Waals surface area contributed by atoms with Crippen LogP contribution in [0.15, 0.2) is 0 Å². The van der Waals surface area contributed by atoms with E-state index in [0.29, 0.717) is 6.42 Å². The van der Waals surface area contributed by atoms with E-state index in [1.807, 2.05) is 6.26 Å². The van der Waals surface area contributed by atoms with Gasteiger partial charge in [-0.05, 0) is 24.7 Å². The Morgan fingerprint density at radius 2 is 1.50 bits per heavy atom. The van der Waals surface area contributed by atoms with Crippen LogP contribution in [0.3, 0.4) is 0 Å². The summed E-state index contributed by atoms with van der Waals surface area (Å²) < 4.78 is 4.48. The summed E-state index contributed by atoms with van der Waals surface area (Å²) in [5.74, 6) is -1.61. The van der Waals surface area contributed by atoms with Gasteiger partial charge in [-0.25, -0.2) is 0 Å². The monoisotopic (exact) mass is 358 g/mol. The Bertz CT molecular complexity index is 318. The van der Waals surface area contributed by atoms with Gasteiger partial charge in [0.15, 0.2) is 0 Å². The SMILES string of the molecule is CC(=O)OCCC(N)C(=O)O.CS.CSCCC(N)C(=O)O. The molecule has 8 nitrogen and oxygen atoms in total. The molecule has 0 heterocycles. The zero-order valence-corrected chi connectivity index (χ0v) is 14.7. The molecule has 0 aromatic heterocycles. The molecule has 132 valence electrons. The van der Waals surface area contributed by atoms with Gasteiger partial charge in [0, 0.05) is 13.3 Å². The van der Waals surface area contributed by atoms with E-state index in [2.05, 4.69) is 17.4 Å². The molecule has 0 saturated carbocycles. The van der Waals surface area contributed by atoms with Crippen LogP contribution in [-0.4, -0.2) is 65.1 Å². The minimum Gasteiger partial charge on any atom is -0.480 e. The summed E-state index contributed by atoms with van der Waals surface area (Å²) in [5.41, 5.74) is 10.3. The smallest absolute Gasteiger partial charge is 0.320 e. The van der Waals surface area contributed by atoms with E-state index >= 15 is 0 Å². The molecule has 0 spiro atoms. The number of nitrogens with two attached hydrogens (primary N) is 2. The molecule has 0 rings (SSSR count). The minimum absolute atomic E-state index is 0.0583. The van der Waals surface area contributed by atoms with Gasteiger partial charge in [-0.1, -0.05) is 0 Å². The second-order valence-corrected chi connectivity index (χ2v) is 4.79. The number of carboxylic acid groups (broad SMARTS) is 2. The lowest BCUT2D eigenvalue weighted by Crippen LogP contribution is -2.31. The maximum Gasteiger partial charge on any atom is 0.320 e. The van der Waals surface area contributed by atoms with Crippen LogP contribution < -0.4 is 11.5 Å². The highest BCUT2D eigenvalue weighted by atomic mass is 32.2. The summed E-state index contributed by atoms with van der Waals surface area (Å²) in [7, 11) is 0. The largest absolute Gasteiger partial charge is 0.480 e. The number of hydrogen-bond acceptors (Lipinski definition) is 8. The van der Waals surface area contributed by atoms with Crippen LogP contribution in [0.4, 0.5) is 0 Å². The van der Waals surface area contributed by atoms with Crippen LogP contribution in [0, 0.1) is 0 Å². The molecule has 0 aliphatic heterocycles. The fourth-order valence-electron chi connectivity index (χ4n) is 0.821. The molecule has 0 fully saturated rings. The van der Waals surface area contributed by atoms with Crippen LogP contribution >= 0.6 is 24.4 Å². The van der Waals surface area contributed by atoms with Crippen molar-refractivity contribution in [2.45, 2.75) is 31.8 Å². The predicted octanol–water partition coefficient (Wildman–Crippen LogP) is 0.0489. The van der Waals surface area contributed by atoms with Gasteiger partial charge in [0.1, 0.15) is 12.1 Å². The van der Waals surface area contributed by atoms with Crippen molar-refractivity contribution in [3.8, 4) is 0 Å². The molecule has 0 aromatic rings. The van der Waals surface area contributed by atoms with E-state index in [-0.39, 0.29) is 13.0 Å². The Labute approximate surface area is 140 Å². The highest BCUT2D eigenvalue weighted by molar-refractivity contribution is 7.98. The van der Waals surface area contributed by atoms with Gasteiger partial charge in [-0.2, -0.15) is 24.4 Å². The van der Waals surface area contributed by atoms with Gasteiger partial charge in [0.25, 0.3) is 0 Å². The zero-order valence-electron chi connectivity index (χ0n) is 13.0. The number of aliphatic carboxylic acids is 2. The number of hydrogen-bond donors (Lipinski definition) is 5. The van der Waals surface area contributed by atoms with E-state index < -0.39 is 30.0 Å².